The molecule has 2 heterocycles. The van der Waals surface area contributed by atoms with Crippen molar-refractivity contribution in [1.82, 2.24) is 10.2 Å². The zero-order valence-corrected chi connectivity index (χ0v) is 15.6. The van der Waals surface area contributed by atoms with Gasteiger partial charge < -0.3 is 25.2 Å². The Kier molecular flexibility index (Phi) is 6.31. The second-order valence-corrected chi connectivity index (χ2v) is 7.38. The fraction of sp³-hybridized carbons (Fsp3) is 0.571. The molecule has 2 aliphatic heterocycles. The molecule has 0 aromatic carbocycles. The second-order valence-electron chi connectivity index (χ2n) is 6.00. The zero-order valence-electron chi connectivity index (χ0n) is 14.0. The van der Waals surface area contributed by atoms with E-state index in [1.54, 1.807) is 0 Å². The molecule has 3 N–H and O–H groups in total. The van der Waals surface area contributed by atoms with Crippen LogP contribution in [0, 0.1) is 10.3 Å². The van der Waals surface area contributed by atoms with E-state index in [1.165, 1.54) is 4.90 Å². The lowest BCUT2D eigenvalue weighted by molar-refractivity contribution is -0.164. The van der Waals surface area contributed by atoms with Gasteiger partial charge in [0.25, 0.3) is 5.91 Å². The minimum absolute atomic E-state index is 0.0397. The van der Waals surface area contributed by atoms with Crippen molar-refractivity contribution in [1.29, 1.82) is 0 Å². The first-order valence-electron chi connectivity index (χ1n) is 7.58. The number of aliphatic carboxylic acids is 1. The number of carboxylic acid groups (broad SMARTS) is 1. The lowest BCUT2D eigenvalue weighted by atomic mass is 9.88. The maximum atomic E-state index is 12.3. The van der Waals surface area contributed by atoms with Crippen molar-refractivity contribution in [3.05, 3.63) is 16.4 Å². The molecule has 0 bridgehead atoms. The molecule has 0 aromatic heterocycles. The molecule has 13 heteroatoms. The van der Waals surface area contributed by atoms with Crippen molar-refractivity contribution in [2.24, 2.45) is 10.6 Å². The SMILES string of the molecule is CC(=O)OCC1(C(=O)O)CS[C@@H]2C(NC(=O)C(N=O)=C(O)CCl)C(=O)N2C1. The predicted molar refractivity (Wildman–Crippen MR) is 92.8 cm³/mol. The molecule has 2 fully saturated rings. The third kappa shape index (κ3) is 4.00. The van der Waals surface area contributed by atoms with Crippen LogP contribution in [0.15, 0.2) is 16.6 Å². The first-order valence-corrected chi connectivity index (χ1v) is 9.16. The maximum Gasteiger partial charge on any atom is 0.315 e. The first kappa shape index (κ1) is 21.0. The van der Waals surface area contributed by atoms with E-state index in [1.807, 2.05) is 0 Å². The average Bonchev–Trinajstić information content (AvgIpc) is 2.64. The molecule has 0 aromatic rings. The Bertz CT molecular complexity index is 729. The number of alkyl halides is 1. The van der Waals surface area contributed by atoms with E-state index in [-0.39, 0.29) is 18.9 Å². The van der Waals surface area contributed by atoms with Crippen LogP contribution in [0.5, 0.6) is 0 Å². The van der Waals surface area contributed by atoms with Gasteiger partial charge in [0.05, 0.1) is 5.88 Å². The van der Waals surface area contributed by atoms with Gasteiger partial charge in [0, 0.05) is 19.2 Å². The Morgan fingerprint density at radius 3 is 2.63 bits per heavy atom. The number of β-lactam (4-membered cyclic amide) rings is 1. The highest BCUT2D eigenvalue weighted by Crippen LogP contribution is 2.42. The minimum Gasteiger partial charge on any atom is -0.508 e. The number of hydrogen-bond donors (Lipinski definition) is 3. The summed E-state index contributed by atoms with van der Waals surface area (Å²) in [6.07, 6.45) is 0. The van der Waals surface area contributed by atoms with E-state index in [0.29, 0.717) is 0 Å². The van der Waals surface area contributed by atoms with E-state index in [9.17, 15) is 34.3 Å². The number of allylic oxidation sites excluding steroid dienone is 1. The number of nitroso groups, excluding NO2 is 1. The summed E-state index contributed by atoms with van der Waals surface area (Å²) >= 11 is 6.44. The van der Waals surface area contributed by atoms with Gasteiger partial charge in [-0.3, -0.25) is 19.2 Å². The van der Waals surface area contributed by atoms with Crippen molar-refractivity contribution in [3.63, 3.8) is 0 Å². The van der Waals surface area contributed by atoms with E-state index in [4.69, 9.17) is 16.3 Å². The number of rotatable bonds is 7. The van der Waals surface area contributed by atoms with E-state index in [2.05, 4.69) is 10.5 Å². The number of nitrogens with zero attached hydrogens (tertiary/aromatic N) is 2. The number of carbonyl (C=O) groups is 4. The Balaban J connectivity index is 2.08. The Morgan fingerprint density at radius 1 is 1.44 bits per heavy atom. The molecule has 2 rings (SSSR count). The van der Waals surface area contributed by atoms with Gasteiger partial charge in [-0.25, -0.2) is 0 Å². The van der Waals surface area contributed by atoms with E-state index < -0.39 is 57.9 Å². The highest BCUT2D eigenvalue weighted by atomic mass is 35.5. The molecular weight excluding hydrogens is 406 g/mol. The molecule has 2 amide bonds. The first-order chi connectivity index (χ1) is 12.7. The Morgan fingerprint density at radius 2 is 2.11 bits per heavy atom. The second kappa shape index (κ2) is 8.13. The number of hydrogen-bond acceptors (Lipinski definition) is 9. The van der Waals surface area contributed by atoms with Crippen LogP contribution in [0.4, 0.5) is 0 Å². The molecular formula is C14H16ClN3O8S. The lowest BCUT2D eigenvalue weighted by Crippen LogP contribution is -2.74. The largest absolute Gasteiger partial charge is 0.508 e. The summed E-state index contributed by atoms with van der Waals surface area (Å²) in [6, 6.07) is -1.01. The number of esters is 1. The van der Waals surface area contributed by atoms with E-state index in [0.717, 1.165) is 18.7 Å². The zero-order chi connectivity index (χ0) is 20.4. The van der Waals surface area contributed by atoms with Gasteiger partial charge in [0.15, 0.2) is 0 Å². The molecule has 2 aliphatic rings. The number of fused-ring (bicyclic) bond motifs is 1. The summed E-state index contributed by atoms with van der Waals surface area (Å²) in [5, 5.41) is 23.1. The van der Waals surface area contributed by atoms with Crippen molar-refractivity contribution in [2.45, 2.75) is 18.3 Å². The van der Waals surface area contributed by atoms with Crippen LogP contribution < -0.4 is 5.32 Å². The van der Waals surface area contributed by atoms with Crippen molar-refractivity contribution in [2.75, 3.05) is 24.8 Å². The molecule has 0 radical (unpaired) electrons. The van der Waals surface area contributed by atoms with Gasteiger partial charge in [-0.15, -0.1) is 28.3 Å². The fourth-order valence-corrected chi connectivity index (χ4v) is 4.29. The fourth-order valence-electron chi connectivity index (χ4n) is 2.64. The maximum absolute atomic E-state index is 12.3. The smallest absolute Gasteiger partial charge is 0.315 e. The monoisotopic (exact) mass is 421 g/mol. The number of aliphatic hydroxyl groups excluding tert-OH is 1. The van der Waals surface area contributed by atoms with Gasteiger partial charge in [0.1, 0.15) is 29.2 Å². The number of amides is 2. The van der Waals surface area contributed by atoms with Crippen LogP contribution >= 0.6 is 23.4 Å². The van der Waals surface area contributed by atoms with Crippen molar-refractivity contribution < 1.29 is 34.1 Å². The van der Waals surface area contributed by atoms with Crippen LogP contribution in [0.1, 0.15) is 6.92 Å². The molecule has 11 nitrogen and oxygen atoms in total. The standard InChI is InChI=1S/C14H16ClN3O8S/c1-6(19)26-4-14(13(23)24)3-18-11(22)9(12(18)27-5-14)16-10(21)8(17-25)7(20)2-15/h9,12,20H,2-5H2,1H3,(H,16,21)(H,23,24)/t9?,12-,14?/m1/s1. The number of ether oxygens (including phenoxy) is 1. The predicted octanol–water partition coefficient (Wildman–Crippen LogP) is -0.205. The van der Waals surface area contributed by atoms with Crippen molar-refractivity contribution in [3.8, 4) is 0 Å². The lowest BCUT2D eigenvalue weighted by Gasteiger charge is -2.53. The average molecular weight is 422 g/mol. The normalized spacial score (nSPS) is 27.6. The highest BCUT2D eigenvalue weighted by molar-refractivity contribution is 8.00. The number of aliphatic hydroxyl groups is 1. The third-order valence-corrected chi connectivity index (χ3v) is 5.98. The number of halogens is 1. The van der Waals surface area contributed by atoms with E-state index >= 15 is 0 Å². The van der Waals surface area contributed by atoms with Gasteiger partial charge in [0.2, 0.25) is 11.6 Å². The van der Waals surface area contributed by atoms with Gasteiger partial charge >= 0.3 is 11.9 Å². The molecule has 0 spiro atoms. The van der Waals surface area contributed by atoms with Gasteiger partial charge in [-0.05, 0) is 5.18 Å². The van der Waals surface area contributed by atoms with Crippen LogP contribution in [-0.2, 0) is 23.9 Å². The van der Waals surface area contributed by atoms with Crippen LogP contribution in [0.3, 0.4) is 0 Å². The van der Waals surface area contributed by atoms with Crippen LogP contribution in [0.2, 0.25) is 0 Å². The number of carboxylic acids is 1. The molecule has 2 unspecified atom stereocenters. The van der Waals surface area contributed by atoms with Crippen LogP contribution in [-0.4, -0.2) is 75.1 Å². The summed E-state index contributed by atoms with van der Waals surface area (Å²) in [5.74, 6) is -4.66. The topological polar surface area (TPSA) is 163 Å². The summed E-state index contributed by atoms with van der Waals surface area (Å²) < 4.78 is 4.83. The molecule has 0 aliphatic carbocycles. The number of thioether (sulfide) groups is 1. The summed E-state index contributed by atoms with van der Waals surface area (Å²) in [6.45, 7) is 0.570. The summed E-state index contributed by atoms with van der Waals surface area (Å²) in [4.78, 5) is 58.9. The van der Waals surface area contributed by atoms with Crippen LogP contribution in [0.25, 0.3) is 0 Å². The third-order valence-electron chi connectivity index (χ3n) is 4.14. The molecule has 3 atom stereocenters. The molecule has 27 heavy (non-hydrogen) atoms. The van der Waals surface area contributed by atoms with Crippen molar-refractivity contribution >= 4 is 47.1 Å². The number of carbonyl (C=O) groups excluding carboxylic acids is 3. The number of nitrogens with one attached hydrogen (secondary N) is 1. The minimum atomic E-state index is -1.45. The molecule has 0 saturated carbocycles. The Hall–Kier alpha value is -2.34. The summed E-state index contributed by atoms with van der Waals surface area (Å²) in [5.41, 5.74) is -2.28. The van der Waals surface area contributed by atoms with Gasteiger partial charge in [-0.2, -0.15) is 0 Å². The Labute approximate surface area is 162 Å². The quantitative estimate of drug-likeness (QED) is 0.126. The summed E-state index contributed by atoms with van der Waals surface area (Å²) in [7, 11) is 0. The highest BCUT2D eigenvalue weighted by Gasteiger charge is 2.58. The van der Waals surface area contributed by atoms with Gasteiger partial charge in [-0.1, -0.05) is 0 Å². The molecule has 148 valence electrons. The molecule has 2 saturated heterocycles.